The monoisotopic (exact) mass is 274 g/mol. The second-order valence-corrected chi connectivity index (χ2v) is 5.86. The SMILES string of the molecule is CCOC(=O)N1c2ccc(C)cc2[C@@H]2CN(C)CC[C@H]21. The van der Waals surface area contributed by atoms with Gasteiger partial charge in [0.15, 0.2) is 0 Å². The van der Waals surface area contributed by atoms with Gasteiger partial charge in [-0.1, -0.05) is 17.7 Å². The number of carbonyl (C=O) groups is 1. The number of nitrogens with zero attached hydrogens (tertiary/aromatic N) is 2. The molecule has 2 aliphatic rings. The second-order valence-electron chi connectivity index (χ2n) is 5.86. The molecule has 0 N–H and O–H groups in total. The van der Waals surface area contributed by atoms with Crippen LogP contribution in [0.1, 0.15) is 30.4 Å². The maximum absolute atomic E-state index is 12.3. The third-order valence-corrected chi connectivity index (χ3v) is 4.42. The van der Waals surface area contributed by atoms with E-state index in [1.165, 1.54) is 11.1 Å². The lowest BCUT2D eigenvalue weighted by Crippen LogP contribution is -2.47. The zero-order valence-electron chi connectivity index (χ0n) is 12.4. The average Bonchev–Trinajstić information content (AvgIpc) is 2.72. The van der Waals surface area contributed by atoms with E-state index in [1.807, 2.05) is 11.8 Å². The number of benzene rings is 1. The van der Waals surface area contributed by atoms with Gasteiger partial charge in [-0.25, -0.2) is 4.79 Å². The Kier molecular flexibility index (Phi) is 3.42. The first-order valence-corrected chi connectivity index (χ1v) is 7.37. The normalized spacial score (nSPS) is 25.2. The summed E-state index contributed by atoms with van der Waals surface area (Å²) in [5.74, 6) is 0.410. The van der Waals surface area contributed by atoms with E-state index in [-0.39, 0.29) is 12.1 Å². The number of likely N-dealkylation sites (tertiary alicyclic amines) is 1. The fourth-order valence-corrected chi connectivity index (χ4v) is 3.51. The van der Waals surface area contributed by atoms with E-state index in [9.17, 15) is 4.79 Å². The summed E-state index contributed by atoms with van der Waals surface area (Å²) >= 11 is 0. The molecule has 4 heteroatoms. The third kappa shape index (κ3) is 2.08. The summed E-state index contributed by atoms with van der Waals surface area (Å²) in [4.78, 5) is 16.6. The molecule has 0 saturated carbocycles. The molecule has 4 nitrogen and oxygen atoms in total. The van der Waals surface area contributed by atoms with Gasteiger partial charge in [0.25, 0.3) is 0 Å². The van der Waals surface area contributed by atoms with Crippen LogP contribution in [0.3, 0.4) is 0 Å². The molecular formula is C16H22N2O2. The van der Waals surface area contributed by atoms with Gasteiger partial charge in [0.05, 0.1) is 12.3 Å². The van der Waals surface area contributed by atoms with Gasteiger partial charge in [0, 0.05) is 18.5 Å². The third-order valence-electron chi connectivity index (χ3n) is 4.42. The molecule has 1 saturated heterocycles. The molecule has 3 rings (SSSR count). The molecule has 1 amide bonds. The summed E-state index contributed by atoms with van der Waals surface area (Å²) in [7, 11) is 2.15. The molecule has 1 aromatic carbocycles. The van der Waals surface area contributed by atoms with Crippen LogP contribution in [0.25, 0.3) is 0 Å². The maximum Gasteiger partial charge on any atom is 0.414 e. The molecule has 0 bridgehead atoms. The highest BCUT2D eigenvalue weighted by Gasteiger charge is 2.44. The van der Waals surface area contributed by atoms with Crippen molar-refractivity contribution in [2.24, 2.45) is 0 Å². The number of piperidine rings is 1. The highest BCUT2D eigenvalue weighted by molar-refractivity contribution is 5.92. The van der Waals surface area contributed by atoms with Crippen LogP contribution in [0.5, 0.6) is 0 Å². The minimum Gasteiger partial charge on any atom is -0.449 e. The summed E-state index contributed by atoms with van der Waals surface area (Å²) in [5.41, 5.74) is 3.59. The zero-order chi connectivity index (χ0) is 14.3. The van der Waals surface area contributed by atoms with Crippen molar-refractivity contribution in [1.82, 2.24) is 4.90 Å². The molecule has 0 spiro atoms. The lowest BCUT2D eigenvalue weighted by atomic mass is 9.89. The van der Waals surface area contributed by atoms with Gasteiger partial charge in [0.1, 0.15) is 0 Å². The number of likely N-dealkylation sites (N-methyl/N-ethyl adjacent to an activating group) is 1. The van der Waals surface area contributed by atoms with E-state index >= 15 is 0 Å². The summed E-state index contributed by atoms with van der Waals surface area (Å²) in [6, 6.07) is 6.62. The molecule has 2 atom stereocenters. The summed E-state index contributed by atoms with van der Waals surface area (Å²) < 4.78 is 5.26. The molecular weight excluding hydrogens is 252 g/mol. The van der Waals surface area contributed by atoms with E-state index in [2.05, 4.69) is 37.1 Å². The van der Waals surface area contributed by atoms with Crippen LogP contribution in [-0.2, 0) is 4.74 Å². The summed E-state index contributed by atoms with van der Waals surface area (Å²) in [6.45, 7) is 6.43. The number of fused-ring (bicyclic) bond motifs is 3. The van der Waals surface area contributed by atoms with Gasteiger partial charge in [-0.3, -0.25) is 4.90 Å². The van der Waals surface area contributed by atoms with Crippen molar-refractivity contribution in [3.05, 3.63) is 29.3 Å². The van der Waals surface area contributed by atoms with Gasteiger partial charge in [-0.05, 0) is 45.5 Å². The smallest absolute Gasteiger partial charge is 0.414 e. The maximum atomic E-state index is 12.3. The van der Waals surface area contributed by atoms with Crippen LogP contribution in [0.4, 0.5) is 10.5 Å². The van der Waals surface area contributed by atoms with Crippen LogP contribution in [-0.4, -0.2) is 43.8 Å². The Labute approximate surface area is 120 Å². The molecule has 0 unspecified atom stereocenters. The van der Waals surface area contributed by atoms with Crippen molar-refractivity contribution in [3.8, 4) is 0 Å². The Hall–Kier alpha value is -1.55. The van der Waals surface area contributed by atoms with Crippen molar-refractivity contribution in [3.63, 3.8) is 0 Å². The first kappa shape index (κ1) is 13.4. The highest BCUT2D eigenvalue weighted by Crippen LogP contribution is 2.45. The Morgan fingerprint density at radius 3 is 3.00 bits per heavy atom. The first-order valence-electron chi connectivity index (χ1n) is 7.37. The largest absolute Gasteiger partial charge is 0.449 e. The number of anilines is 1. The molecule has 1 aromatic rings. The minimum absolute atomic E-state index is 0.199. The number of ether oxygens (including phenoxy) is 1. The fraction of sp³-hybridized carbons (Fsp3) is 0.562. The van der Waals surface area contributed by atoms with Crippen LogP contribution < -0.4 is 4.90 Å². The quantitative estimate of drug-likeness (QED) is 0.789. The summed E-state index contributed by atoms with van der Waals surface area (Å²) in [5, 5.41) is 0. The zero-order valence-corrected chi connectivity index (χ0v) is 12.4. The Morgan fingerprint density at radius 1 is 1.45 bits per heavy atom. The van der Waals surface area contributed by atoms with Gasteiger partial charge >= 0.3 is 6.09 Å². The predicted octanol–water partition coefficient (Wildman–Crippen LogP) is 2.76. The number of aryl methyl sites for hydroxylation is 1. The average molecular weight is 274 g/mol. The van der Waals surface area contributed by atoms with Gasteiger partial charge < -0.3 is 9.64 Å². The molecule has 2 aliphatic heterocycles. The van der Waals surface area contributed by atoms with Crippen molar-refractivity contribution in [2.45, 2.75) is 32.2 Å². The molecule has 0 aliphatic carbocycles. The molecule has 20 heavy (non-hydrogen) atoms. The van der Waals surface area contributed by atoms with E-state index in [0.717, 1.165) is 25.2 Å². The van der Waals surface area contributed by atoms with Gasteiger partial charge in [-0.15, -0.1) is 0 Å². The second kappa shape index (κ2) is 5.09. The standard InChI is InChI=1S/C16H22N2O2/c1-4-20-16(19)18-14-6-5-11(2)9-12(14)13-10-17(3)8-7-15(13)18/h5-6,9,13,15H,4,7-8,10H2,1-3H3/t13-,15+/m0/s1. The fourth-order valence-electron chi connectivity index (χ4n) is 3.51. The Bertz CT molecular complexity index is 529. The van der Waals surface area contributed by atoms with Gasteiger partial charge in [-0.2, -0.15) is 0 Å². The first-order chi connectivity index (χ1) is 9.61. The summed E-state index contributed by atoms with van der Waals surface area (Å²) in [6.07, 6.45) is 0.808. The number of amides is 1. The van der Waals surface area contributed by atoms with Crippen LogP contribution in [0.15, 0.2) is 18.2 Å². The lowest BCUT2D eigenvalue weighted by Gasteiger charge is -2.35. The van der Waals surface area contributed by atoms with Crippen LogP contribution in [0, 0.1) is 6.92 Å². The van der Waals surface area contributed by atoms with E-state index in [1.54, 1.807) is 0 Å². The highest BCUT2D eigenvalue weighted by atomic mass is 16.6. The number of rotatable bonds is 1. The molecule has 2 heterocycles. The van der Waals surface area contributed by atoms with Crippen molar-refractivity contribution in [1.29, 1.82) is 0 Å². The van der Waals surface area contributed by atoms with E-state index < -0.39 is 0 Å². The molecule has 1 fully saturated rings. The molecule has 0 aromatic heterocycles. The Morgan fingerprint density at radius 2 is 2.25 bits per heavy atom. The number of carbonyl (C=O) groups excluding carboxylic acids is 1. The van der Waals surface area contributed by atoms with E-state index in [0.29, 0.717) is 12.5 Å². The van der Waals surface area contributed by atoms with Gasteiger partial charge in [0.2, 0.25) is 0 Å². The lowest BCUT2D eigenvalue weighted by molar-refractivity contribution is 0.151. The number of hydrogen-bond acceptors (Lipinski definition) is 3. The topological polar surface area (TPSA) is 32.8 Å². The van der Waals surface area contributed by atoms with Crippen LogP contribution >= 0.6 is 0 Å². The van der Waals surface area contributed by atoms with E-state index in [4.69, 9.17) is 4.74 Å². The number of hydrogen-bond donors (Lipinski definition) is 0. The van der Waals surface area contributed by atoms with Crippen LogP contribution in [0.2, 0.25) is 0 Å². The predicted molar refractivity (Wildman–Crippen MR) is 79.3 cm³/mol. The van der Waals surface area contributed by atoms with Crippen molar-refractivity contribution < 1.29 is 9.53 Å². The minimum atomic E-state index is -0.199. The Balaban J connectivity index is 2.01. The van der Waals surface area contributed by atoms with Crippen molar-refractivity contribution >= 4 is 11.8 Å². The molecule has 108 valence electrons. The molecule has 0 radical (unpaired) electrons. The van der Waals surface area contributed by atoms with Crippen molar-refractivity contribution in [2.75, 3.05) is 31.6 Å².